The summed E-state index contributed by atoms with van der Waals surface area (Å²) in [5, 5.41) is 0. The Hall–Kier alpha value is -2.43. The summed E-state index contributed by atoms with van der Waals surface area (Å²) in [5.41, 5.74) is 1.68. The van der Waals surface area contributed by atoms with Crippen molar-refractivity contribution in [2.45, 2.75) is 13.8 Å². The van der Waals surface area contributed by atoms with Gasteiger partial charge in [-0.2, -0.15) is 0 Å². The van der Waals surface area contributed by atoms with E-state index >= 15 is 0 Å². The molecule has 0 unspecified atom stereocenters. The predicted octanol–water partition coefficient (Wildman–Crippen LogP) is 1.75. The van der Waals surface area contributed by atoms with Crippen LogP contribution in [0.2, 0.25) is 0 Å². The highest BCUT2D eigenvalue weighted by atomic mass is 16.2. The van der Waals surface area contributed by atoms with Gasteiger partial charge in [0.15, 0.2) is 0 Å². The Balaban J connectivity index is 2.37. The minimum absolute atomic E-state index is 0.145. The van der Waals surface area contributed by atoms with Gasteiger partial charge in [-0.15, -0.1) is 0 Å². The zero-order valence-corrected chi connectivity index (χ0v) is 10.9. The number of H-pyrrole nitrogens is 1. The molecule has 0 atom stereocenters. The van der Waals surface area contributed by atoms with E-state index in [1.54, 1.807) is 4.90 Å². The molecule has 0 spiro atoms. The van der Waals surface area contributed by atoms with Crippen LogP contribution in [0.15, 0.2) is 41.5 Å². The monoisotopic (exact) mass is 257 g/mol. The minimum atomic E-state index is -0.335. The van der Waals surface area contributed by atoms with E-state index in [2.05, 4.69) is 9.97 Å². The summed E-state index contributed by atoms with van der Waals surface area (Å²) >= 11 is 0. The molecule has 19 heavy (non-hydrogen) atoms. The van der Waals surface area contributed by atoms with Crippen LogP contribution in [-0.2, 0) is 0 Å². The third kappa shape index (κ3) is 2.88. The Kier molecular flexibility index (Phi) is 3.75. The molecule has 5 nitrogen and oxygen atoms in total. The van der Waals surface area contributed by atoms with Crippen molar-refractivity contribution in [3.63, 3.8) is 0 Å². The Morgan fingerprint density at radius 1 is 1.37 bits per heavy atom. The molecular formula is C14H15N3O2. The number of aryl methyl sites for hydroxylation is 1. The fourth-order valence-electron chi connectivity index (χ4n) is 1.86. The van der Waals surface area contributed by atoms with Crippen molar-refractivity contribution in [2.75, 3.05) is 11.4 Å². The number of hydrogen-bond acceptors (Lipinski definition) is 3. The number of benzene rings is 1. The van der Waals surface area contributed by atoms with Gasteiger partial charge in [0, 0.05) is 18.3 Å². The van der Waals surface area contributed by atoms with Gasteiger partial charge in [0.2, 0.25) is 0 Å². The van der Waals surface area contributed by atoms with Gasteiger partial charge in [0.25, 0.3) is 11.5 Å². The van der Waals surface area contributed by atoms with Crippen molar-refractivity contribution in [2.24, 2.45) is 0 Å². The maximum absolute atomic E-state index is 12.4. The smallest absolute Gasteiger partial charge is 0.277 e. The van der Waals surface area contributed by atoms with Crippen LogP contribution < -0.4 is 10.5 Å². The third-order valence-corrected chi connectivity index (χ3v) is 2.77. The number of hydrogen-bond donors (Lipinski definition) is 1. The van der Waals surface area contributed by atoms with E-state index in [-0.39, 0.29) is 17.2 Å². The second-order valence-corrected chi connectivity index (χ2v) is 4.18. The van der Waals surface area contributed by atoms with Crippen molar-refractivity contribution < 1.29 is 4.79 Å². The van der Waals surface area contributed by atoms with Crippen LogP contribution in [0.3, 0.4) is 0 Å². The highest BCUT2D eigenvalue weighted by molar-refractivity contribution is 6.04. The second kappa shape index (κ2) is 5.48. The molecule has 5 heteroatoms. The quantitative estimate of drug-likeness (QED) is 0.910. The molecule has 1 aromatic carbocycles. The molecule has 1 amide bonds. The number of aromatic nitrogens is 2. The van der Waals surface area contributed by atoms with Gasteiger partial charge in [-0.25, -0.2) is 4.98 Å². The minimum Gasteiger partial charge on any atom is -0.313 e. The molecule has 0 aliphatic heterocycles. The van der Waals surface area contributed by atoms with E-state index in [9.17, 15) is 9.59 Å². The highest BCUT2D eigenvalue weighted by Crippen LogP contribution is 2.17. The summed E-state index contributed by atoms with van der Waals surface area (Å²) in [6.45, 7) is 4.36. The lowest BCUT2D eigenvalue weighted by molar-refractivity contribution is 0.0983. The molecule has 1 heterocycles. The number of nitrogens with zero attached hydrogens (tertiary/aromatic N) is 2. The van der Waals surface area contributed by atoms with E-state index in [1.165, 1.54) is 12.4 Å². The fourth-order valence-corrected chi connectivity index (χ4v) is 1.86. The highest BCUT2D eigenvalue weighted by Gasteiger charge is 2.17. The number of nitrogens with one attached hydrogen (secondary N) is 1. The third-order valence-electron chi connectivity index (χ3n) is 2.77. The predicted molar refractivity (Wildman–Crippen MR) is 73.4 cm³/mol. The first-order valence-corrected chi connectivity index (χ1v) is 6.05. The zero-order valence-electron chi connectivity index (χ0n) is 10.9. The average Bonchev–Trinajstić information content (AvgIpc) is 2.39. The number of carbonyl (C=O) groups is 1. The summed E-state index contributed by atoms with van der Waals surface area (Å²) in [4.78, 5) is 31.5. The van der Waals surface area contributed by atoms with Gasteiger partial charge in [-0.1, -0.05) is 12.1 Å². The number of amides is 1. The van der Waals surface area contributed by atoms with Crippen LogP contribution in [-0.4, -0.2) is 22.4 Å². The van der Waals surface area contributed by atoms with Crippen molar-refractivity contribution in [3.05, 3.63) is 58.3 Å². The normalized spacial score (nSPS) is 10.2. The molecule has 0 radical (unpaired) electrons. The molecule has 98 valence electrons. The first-order chi connectivity index (χ1) is 9.11. The molecule has 2 aromatic rings. The summed E-state index contributed by atoms with van der Waals surface area (Å²) in [7, 11) is 0. The first-order valence-electron chi connectivity index (χ1n) is 6.05. The summed E-state index contributed by atoms with van der Waals surface area (Å²) in [5.74, 6) is -0.279. The molecule has 0 aliphatic carbocycles. The van der Waals surface area contributed by atoms with E-state index in [4.69, 9.17) is 0 Å². The summed E-state index contributed by atoms with van der Waals surface area (Å²) in [6.07, 6.45) is 1.24. The molecular weight excluding hydrogens is 242 g/mol. The average molecular weight is 257 g/mol. The largest absolute Gasteiger partial charge is 0.313 e. The Morgan fingerprint density at radius 2 is 2.16 bits per heavy atom. The van der Waals surface area contributed by atoms with Gasteiger partial charge < -0.3 is 9.88 Å². The van der Waals surface area contributed by atoms with Crippen LogP contribution in [0.25, 0.3) is 0 Å². The van der Waals surface area contributed by atoms with Crippen LogP contribution in [0.1, 0.15) is 23.0 Å². The molecule has 0 fully saturated rings. The SMILES string of the molecule is CCN(C(=O)c1cc(=O)[nH]cn1)c1cccc(C)c1. The van der Waals surface area contributed by atoms with E-state index in [1.807, 2.05) is 38.1 Å². The van der Waals surface area contributed by atoms with Crippen molar-refractivity contribution in [1.82, 2.24) is 9.97 Å². The van der Waals surface area contributed by atoms with Gasteiger partial charge in [0.05, 0.1) is 6.33 Å². The van der Waals surface area contributed by atoms with Gasteiger partial charge in [-0.3, -0.25) is 9.59 Å². The van der Waals surface area contributed by atoms with Crippen LogP contribution in [0.5, 0.6) is 0 Å². The number of aromatic amines is 1. The molecule has 0 saturated heterocycles. The number of carbonyl (C=O) groups excluding carboxylic acids is 1. The van der Waals surface area contributed by atoms with Gasteiger partial charge in [0.1, 0.15) is 5.69 Å². The van der Waals surface area contributed by atoms with E-state index in [0.717, 1.165) is 11.3 Å². The maximum Gasteiger partial charge on any atom is 0.277 e. The summed E-state index contributed by atoms with van der Waals surface area (Å²) in [6, 6.07) is 8.86. The van der Waals surface area contributed by atoms with Gasteiger partial charge in [-0.05, 0) is 31.5 Å². The van der Waals surface area contributed by atoms with Crippen molar-refractivity contribution in [1.29, 1.82) is 0 Å². The van der Waals surface area contributed by atoms with E-state index < -0.39 is 0 Å². The van der Waals surface area contributed by atoms with Crippen LogP contribution in [0.4, 0.5) is 5.69 Å². The Morgan fingerprint density at radius 3 is 2.79 bits per heavy atom. The lowest BCUT2D eigenvalue weighted by Gasteiger charge is -2.20. The van der Waals surface area contributed by atoms with Crippen LogP contribution in [0, 0.1) is 6.92 Å². The standard InChI is InChI=1S/C14H15N3O2/c1-3-17(11-6-4-5-10(2)7-11)14(19)12-8-13(18)16-9-15-12/h4-9H,3H2,1-2H3,(H,15,16,18). The topological polar surface area (TPSA) is 66.1 Å². The first kappa shape index (κ1) is 13.0. The Bertz CT molecular complexity index is 649. The van der Waals surface area contributed by atoms with Crippen molar-refractivity contribution >= 4 is 11.6 Å². The van der Waals surface area contributed by atoms with E-state index in [0.29, 0.717) is 6.54 Å². The molecule has 1 N–H and O–H groups in total. The Labute approximate surface area is 110 Å². The number of rotatable bonds is 3. The lowest BCUT2D eigenvalue weighted by atomic mass is 10.2. The van der Waals surface area contributed by atoms with Crippen LogP contribution >= 0.6 is 0 Å². The molecule has 0 bridgehead atoms. The fraction of sp³-hybridized carbons (Fsp3) is 0.214. The van der Waals surface area contributed by atoms with Crippen molar-refractivity contribution in [3.8, 4) is 0 Å². The lowest BCUT2D eigenvalue weighted by Crippen LogP contribution is -2.32. The summed E-state index contributed by atoms with van der Waals surface area (Å²) < 4.78 is 0. The second-order valence-electron chi connectivity index (χ2n) is 4.18. The zero-order chi connectivity index (χ0) is 13.8. The molecule has 1 aromatic heterocycles. The molecule has 2 rings (SSSR count). The van der Waals surface area contributed by atoms with Gasteiger partial charge >= 0.3 is 0 Å². The molecule has 0 saturated carbocycles. The number of anilines is 1. The molecule has 0 aliphatic rings. The maximum atomic E-state index is 12.4.